The summed E-state index contributed by atoms with van der Waals surface area (Å²) in [5.41, 5.74) is -0.532. The number of amides is 2. The Bertz CT molecular complexity index is 460. The fraction of sp³-hybridized carbons (Fsp3) is 0.583. The zero-order valence-corrected chi connectivity index (χ0v) is 10.8. The third-order valence-corrected chi connectivity index (χ3v) is 3.55. The Labute approximate surface area is 111 Å². The highest BCUT2D eigenvalue weighted by Gasteiger charge is 2.49. The van der Waals surface area contributed by atoms with Crippen LogP contribution in [0.2, 0.25) is 0 Å². The second-order valence-corrected chi connectivity index (χ2v) is 4.76. The maximum absolute atomic E-state index is 12.2. The summed E-state index contributed by atoms with van der Waals surface area (Å²) < 4.78 is 0. The summed E-state index contributed by atoms with van der Waals surface area (Å²) >= 11 is 0. The normalized spacial score (nSPS) is 22.5. The summed E-state index contributed by atoms with van der Waals surface area (Å²) in [7, 11) is 0. The van der Waals surface area contributed by atoms with Crippen molar-refractivity contribution >= 4 is 17.7 Å². The van der Waals surface area contributed by atoms with Crippen LogP contribution < -0.4 is 5.32 Å². The van der Waals surface area contributed by atoms with E-state index in [1.165, 1.54) is 11.1 Å². The van der Waals surface area contributed by atoms with Gasteiger partial charge < -0.3 is 15.3 Å². The van der Waals surface area contributed by atoms with Crippen molar-refractivity contribution in [1.82, 2.24) is 15.1 Å². The average molecular weight is 266 g/mol. The van der Waals surface area contributed by atoms with E-state index < -0.39 is 11.5 Å². The number of carboxylic acid groups (broad SMARTS) is 1. The molecule has 19 heavy (non-hydrogen) atoms. The van der Waals surface area contributed by atoms with Gasteiger partial charge in [-0.25, -0.2) is 9.59 Å². The van der Waals surface area contributed by atoms with Crippen molar-refractivity contribution in [2.24, 2.45) is 0 Å². The van der Waals surface area contributed by atoms with E-state index in [-0.39, 0.29) is 6.03 Å². The number of likely N-dealkylation sites (tertiary alicyclic amines) is 1. The molecule has 2 amide bonds. The number of carbonyl (C=O) groups is 2. The van der Waals surface area contributed by atoms with Crippen molar-refractivity contribution in [2.75, 3.05) is 11.9 Å². The monoisotopic (exact) mass is 266 g/mol. The summed E-state index contributed by atoms with van der Waals surface area (Å²) in [5, 5.41) is 18.5. The molecule has 1 aliphatic heterocycles. The zero-order chi connectivity index (χ0) is 13.9. The second-order valence-electron chi connectivity index (χ2n) is 4.76. The SMILES string of the molecule is CCCC1(C(=O)O)CCCN1C(=O)Nc1cn[nH]c1. The van der Waals surface area contributed by atoms with Crippen LogP contribution in [0, 0.1) is 0 Å². The minimum atomic E-state index is -1.07. The molecule has 7 nitrogen and oxygen atoms in total. The lowest BCUT2D eigenvalue weighted by atomic mass is 9.91. The molecule has 1 aromatic heterocycles. The van der Waals surface area contributed by atoms with Gasteiger partial charge in [0.05, 0.1) is 11.9 Å². The van der Waals surface area contributed by atoms with Gasteiger partial charge in [-0.05, 0) is 19.3 Å². The molecule has 1 aliphatic rings. The van der Waals surface area contributed by atoms with Crippen molar-refractivity contribution in [2.45, 2.75) is 38.1 Å². The summed E-state index contributed by atoms with van der Waals surface area (Å²) in [4.78, 5) is 25.2. The van der Waals surface area contributed by atoms with E-state index in [0.29, 0.717) is 31.5 Å². The number of aliphatic carboxylic acids is 1. The second kappa shape index (κ2) is 5.29. The first-order valence-corrected chi connectivity index (χ1v) is 6.41. The van der Waals surface area contributed by atoms with Crippen molar-refractivity contribution in [3.05, 3.63) is 12.4 Å². The van der Waals surface area contributed by atoms with E-state index in [1.807, 2.05) is 6.92 Å². The Morgan fingerprint density at radius 1 is 1.63 bits per heavy atom. The molecule has 1 aromatic rings. The van der Waals surface area contributed by atoms with Crippen molar-refractivity contribution in [3.8, 4) is 0 Å². The number of hydrogen-bond donors (Lipinski definition) is 3. The van der Waals surface area contributed by atoms with E-state index >= 15 is 0 Å². The molecule has 0 spiro atoms. The van der Waals surface area contributed by atoms with Crippen LogP contribution in [-0.4, -0.2) is 44.3 Å². The number of hydrogen-bond acceptors (Lipinski definition) is 3. The van der Waals surface area contributed by atoms with Crippen LogP contribution in [0.1, 0.15) is 32.6 Å². The van der Waals surface area contributed by atoms with E-state index in [4.69, 9.17) is 0 Å². The molecule has 2 rings (SSSR count). The van der Waals surface area contributed by atoms with E-state index in [2.05, 4.69) is 15.5 Å². The lowest BCUT2D eigenvalue weighted by Gasteiger charge is -2.34. The fourth-order valence-corrected chi connectivity index (χ4v) is 2.69. The summed E-state index contributed by atoms with van der Waals surface area (Å²) in [5.74, 6) is -0.922. The van der Waals surface area contributed by atoms with Crippen LogP contribution in [0.3, 0.4) is 0 Å². The van der Waals surface area contributed by atoms with Crippen LogP contribution in [0.5, 0.6) is 0 Å². The highest BCUT2D eigenvalue weighted by atomic mass is 16.4. The number of anilines is 1. The van der Waals surface area contributed by atoms with Gasteiger partial charge in [-0.15, -0.1) is 0 Å². The van der Waals surface area contributed by atoms with Gasteiger partial charge in [-0.3, -0.25) is 5.10 Å². The molecule has 2 heterocycles. The molecule has 3 N–H and O–H groups in total. The lowest BCUT2D eigenvalue weighted by Crippen LogP contribution is -2.54. The fourth-order valence-electron chi connectivity index (χ4n) is 2.69. The first kappa shape index (κ1) is 13.4. The molecule has 1 atom stereocenters. The zero-order valence-electron chi connectivity index (χ0n) is 10.8. The number of nitrogens with zero attached hydrogens (tertiary/aromatic N) is 2. The number of H-pyrrole nitrogens is 1. The Balaban J connectivity index is 2.17. The number of nitrogens with one attached hydrogen (secondary N) is 2. The number of aromatic nitrogens is 2. The number of aromatic amines is 1. The smallest absolute Gasteiger partial charge is 0.329 e. The van der Waals surface area contributed by atoms with Gasteiger partial charge in [0.1, 0.15) is 5.54 Å². The summed E-state index contributed by atoms with van der Waals surface area (Å²) in [6.07, 6.45) is 5.45. The maximum Gasteiger partial charge on any atom is 0.329 e. The Morgan fingerprint density at radius 3 is 3.00 bits per heavy atom. The molecule has 1 unspecified atom stereocenters. The van der Waals surface area contributed by atoms with E-state index in [0.717, 1.165) is 6.42 Å². The third-order valence-electron chi connectivity index (χ3n) is 3.55. The largest absolute Gasteiger partial charge is 0.479 e. The Morgan fingerprint density at radius 2 is 2.42 bits per heavy atom. The number of urea groups is 1. The van der Waals surface area contributed by atoms with Crippen molar-refractivity contribution < 1.29 is 14.7 Å². The first-order chi connectivity index (χ1) is 9.10. The predicted molar refractivity (Wildman–Crippen MR) is 68.8 cm³/mol. The quantitative estimate of drug-likeness (QED) is 0.771. The van der Waals surface area contributed by atoms with Crippen LogP contribution in [0.4, 0.5) is 10.5 Å². The van der Waals surface area contributed by atoms with E-state index in [1.54, 1.807) is 6.20 Å². The maximum atomic E-state index is 12.2. The molecule has 1 saturated heterocycles. The van der Waals surface area contributed by atoms with Crippen LogP contribution in [0.25, 0.3) is 0 Å². The van der Waals surface area contributed by atoms with Gasteiger partial charge in [-0.2, -0.15) is 5.10 Å². The van der Waals surface area contributed by atoms with Crippen LogP contribution in [-0.2, 0) is 4.79 Å². The van der Waals surface area contributed by atoms with Gasteiger partial charge in [0.2, 0.25) is 0 Å². The molecule has 0 aliphatic carbocycles. The van der Waals surface area contributed by atoms with E-state index in [9.17, 15) is 14.7 Å². The molecule has 0 bridgehead atoms. The molecule has 0 radical (unpaired) electrons. The summed E-state index contributed by atoms with van der Waals surface area (Å²) in [6.45, 7) is 2.39. The molecule has 104 valence electrons. The highest BCUT2D eigenvalue weighted by Crippen LogP contribution is 2.34. The third kappa shape index (κ3) is 2.40. The Hall–Kier alpha value is -2.05. The van der Waals surface area contributed by atoms with Crippen LogP contribution >= 0.6 is 0 Å². The topological polar surface area (TPSA) is 98.3 Å². The minimum Gasteiger partial charge on any atom is -0.479 e. The minimum absolute atomic E-state index is 0.380. The lowest BCUT2D eigenvalue weighted by molar-refractivity contribution is -0.148. The van der Waals surface area contributed by atoms with Gasteiger partial charge >= 0.3 is 12.0 Å². The predicted octanol–water partition coefficient (Wildman–Crippen LogP) is 1.66. The first-order valence-electron chi connectivity index (χ1n) is 6.41. The molecule has 0 saturated carbocycles. The molecule has 7 heteroatoms. The Kier molecular flexibility index (Phi) is 3.73. The van der Waals surface area contributed by atoms with Gasteiger partial charge in [0, 0.05) is 12.7 Å². The summed E-state index contributed by atoms with van der Waals surface area (Å²) in [6, 6.07) is -0.380. The van der Waals surface area contributed by atoms with Gasteiger partial charge in [0.15, 0.2) is 0 Å². The molecular formula is C12H18N4O3. The molecule has 1 fully saturated rings. The number of carboxylic acids is 1. The standard InChI is InChI=1S/C12H18N4O3/c1-2-4-12(10(17)18)5-3-6-16(12)11(19)15-9-7-13-14-8-9/h7-8H,2-6H2,1H3,(H,13,14)(H,15,19)(H,17,18). The number of carbonyl (C=O) groups excluding carboxylic acids is 1. The molecule has 0 aromatic carbocycles. The van der Waals surface area contributed by atoms with Crippen LogP contribution in [0.15, 0.2) is 12.4 Å². The highest BCUT2D eigenvalue weighted by molar-refractivity contribution is 5.94. The number of rotatable bonds is 4. The van der Waals surface area contributed by atoms with Gasteiger partial charge in [0.25, 0.3) is 0 Å². The van der Waals surface area contributed by atoms with Crippen molar-refractivity contribution in [1.29, 1.82) is 0 Å². The molecular weight excluding hydrogens is 248 g/mol. The van der Waals surface area contributed by atoms with Crippen molar-refractivity contribution in [3.63, 3.8) is 0 Å². The average Bonchev–Trinajstić information content (AvgIpc) is 2.99. The van der Waals surface area contributed by atoms with Gasteiger partial charge in [-0.1, -0.05) is 13.3 Å².